The summed E-state index contributed by atoms with van der Waals surface area (Å²) in [5.41, 5.74) is 7.99. The minimum absolute atomic E-state index is 0.597. The lowest BCUT2D eigenvalue weighted by Crippen LogP contribution is -1.98. The van der Waals surface area contributed by atoms with Gasteiger partial charge in [0.25, 0.3) is 0 Å². The van der Waals surface area contributed by atoms with E-state index in [1.807, 2.05) is 19.9 Å². The van der Waals surface area contributed by atoms with Crippen LogP contribution in [0.25, 0.3) is 5.76 Å². The van der Waals surface area contributed by atoms with Crippen LogP contribution in [-0.4, -0.2) is 11.6 Å². The lowest BCUT2D eigenvalue weighted by atomic mass is 10.2. The molecule has 2 N–H and O–H groups in total. The first-order valence-corrected chi connectivity index (χ1v) is 4.19. The van der Waals surface area contributed by atoms with Crippen molar-refractivity contribution in [3.05, 3.63) is 30.1 Å². The molecule has 0 amide bonds. The van der Waals surface area contributed by atoms with E-state index >= 15 is 0 Å². The molecule has 0 aliphatic heterocycles. The van der Waals surface area contributed by atoms with Crippen LogP contribution >= 0.6 is 0 Å². The van der Waals surface area contributed by atoms with Gasteiger partial charge in [-0.05, 0) is 25.5 Å². The zero-order valence-electron chi connectivity index (χ0n) is 8.00. The molecule has 13 heavy (non-hydrogen) atoms. The van der Waals surface area contributed by atoms with Crippen molar-refractivity contribution < 1.29 is 4.74 Å². The molecule has 1 heterocycles. The lowest BCUT2D eigenvalue weighted by molar-refractivity contribution is 0.297. The minimum atomic E-state index is 0.597. The van der Waals surface area contributed by atoms with Gasteiger partial charge in [-0.2, -0.15) is 0 Å². The van der Waals surface area contributed by atoms with E-state index in [2.05, 4.69) is 11.6 Å². The molecular formula is C10H14N2O. The summed E-state index contributed by atoms with van der Waals surface area (Å²) < 4.78 is 5.25. The Hall–Kier alpha value is -1.51. The van der Waals surface area contributed by atoms with Crippen LogP contribution in [-0.2, 0) is 4.74 Å². The smallest absolute Gasteiger partial charge is 0.137 e. The maximum atomic E-state index is 5.57. The zero-order valence-corrected chi connectivity index (χ0v) is 8.00. The SMILES string of the molecule is C=C(OCC)c1ncc(N)cc1C. The molecule has 1 rings (SSSR count). The molecule has 0 aliphatic carbocycles. The molecule has 3 heteroatoms. The first-order chi connectivity index (χ1) is 6.15. The van der Waals surface area contributed by atoms with Crippen LogP contribution in [0.4, 0.5) is 5.69 Å². The third-order valence-corrected chi connectivity index (χ3v) is 1.68. The van der Waals surface area contributed by atoms with Crippen LogP contribution in [0.1, 0.15) is 18.2 Å². The Kier molecular flexibility index (Phi) is 2.90. The highest BCUT2D eigenvalue weighted by molar-refractivity contribution is 5.59. The second-order valence-corrected chi connectivity index (χ2v) is 2.79. The first kappa shape index (κ1) is 9.58. The van der Waals surface area contributed by atoms with Crippen molar-refractivity contribution in [3.8, 4) is 0 Å². The third-order valence-electron chi connectivity index (χ3n) is 1.68. The van der Waals surface area contributed by atoms with Gasteiger partial charge >= 0.3 is 0 Å². The van der Waals surface area contributed by atoms with Crippen molar-refractivity contribution in [1.29, 1.82) is 0 Å². The number of aryl methyl sites for hydroxylation is 1. The number of nitrogen functional groups attached to an aromatic ring is 1. The van der Waals surface area contributed by atoms with Crippen LogP contribution in [0.2, 0.25) is 0 Å². The molecule has 3 nitrogen and oxygen atoms in total. The van der Waals surface area contributed by atoms with Gasteiger partial charge in [-0.1, -0.05) is 6.58 Å². The van der Waals surface area contributed by atoms with Crippen LogP contribution in [0.3, 0.4) is 0 Å². The highest BCUT2D eigenvalue weighted by atomic mass is 16.5. The van der Waals surface area contributed by atoms with Crippen molar-refractivity contribution >= 4 is 11.4 Å². The van der Waals surface area contributed by atoms with E-state index in [0.29, 0.717) is 18.1 Å². The second-order valence-electron chi connectivity index (χ2n) is 2.79. The van der Waals surface area contributed by atoms with E-state index in [-0.39, 0.29) is 0 Å². The van der Waals surface area contributed by atoms with Crippen LogP contribution in [0, 0.1) is 6.92 Å². The van der Waals surface area contributed by atoms with Gasteiger partial charge in [0.05, 0.1) is 18.5 Å². The van der Waals surface area contributed by atoms with Crippen LogP contribution in [0.15, 0.2) is 18.8 Å². The average Bonchev–Trinajstić information content (AvgIpc) is 2.04. The topological polar surface area (TPSA) is 48.1 Å². The predicted octanol–water partition coefficient (Wildman–Crippen LogP) is 1.98. The molecule has 0 radical (unpaired) electrons. The first-order valence-electron chi connectivity index (χ1n) is 4.19. The standard InChI is InChI=1S/C10H14N2O/c1-4-13-8(3)10-7(2)5-9(11)6-12-10/h5-6H,3-4,11H2,1-2H3. The molecule has 0 aromatic carbocycles. The Labute approximate surface area is 78.2 Å². The molecule has 0 bridgehead atoms. The van der Waals surface area contributed by atoms with E-state index in [9.17, 15) is 0 Å². The number of rotatable bonds is 3. The average molecular weight is 178 g/mol. The fourth-order valence-electron chi connectivity index (χ4n) is 1.13. The number of hydrogen-bond donors (Lipinski definition) is 1. The summed E-state index contributed by atoms with van der Waals surface area (Å²) in [6, 6.07) is 1.85. The lowest BCUT2D eigenvalue weighted by Gasteiger charge is -2.08. The van der Waals surface area contributed by atoms with E-state index in [4.69, 9.17) is 10.5 Å². The van der Waals surface area contributed by atoms with Gasteiger partial charge in [0.1, 0.15) is 11.5 Å². The van der Waals surface area contributed by atoms with Gasteiger partial charge in [0.2, 0.25) is 0 Å². The Balaban J connectivity index is 2.95. The van der Waals surface area contributed by atoms with Crippen molar-refractivity contribution in [2.24, 2.45) is 0 Å². The Morgan fingerprint density at radius 3 is 2.92 bits per heavy atom. The zero-order chi connectivity index (χ0) is 9.84. The molecule has 0 saturated carbocycles. The quantitative estimate of drug-likeness (QED) is 0.720. The monoisotopic (exact) mass is 178 g/mol. The maximum Gasteiger partial charge on any atom is 0.137 e. The normalized spacial score (nSPS) is 9.69. The maximum absolute atomic E-state index is 5.57. The van der Waals surface area contributed by atoms with Crippen LogP contribution < -0.4 is 5.73 Å². The summed E-state index contributed by atoms with van der Waals surface area (Å²) in [6.45, 7) is 8.23. The third kappa shape index (κ3) is 2.21. The van der Waals surface area contributed by atoms with Crippen LogP contribution in [0.5, 0.6) is 0 Å². The summed E-state index contributed by atoms with van der Waals surface area (Å²) in [6.07, 6.45) is 1.60. The molecule has 1 aromatic rings. The van der Waals surface area contributed by atoms with Crippen molar-refractivity contribution in [2.45, 2.75) is 13.8 Å². The Morgan fingerprint density at radius 2 is 2.38 bits per heavy atom. The molecule has 1 aromatic heterocycles. The van der Waals surface area contributed by atoms with Crippen molar-refractivity contribution in [1.82, 2.24) is 4.98 Å². The van der Waals surface area contributed by atoms with Gasteiger partial charge in [0.15, 0.2) is 0 Å². The summed E-state index contributed by atoms with van der Waals surface area (Å²) in [7, 11) is 0. The summed E-state index contributed by atoms with van der Waals surface area (Å²) in [5.74, 6) is 0.597. The van der Waals surface area contributed by atoms with Gasteiger partial charge in [-0.25, -0.2) is 0 Å². The predicted molar refractivity (Wildman–Crippen MR) is 54.0 cm³/mol. The molecular weight excluding hydrogens is 164 g/mol. The molecule has 0 unspecified atom stereocenters. The minimum Gasteiger partial charge on any atom is -0.492 e. The summed E-state index contributed by atoms with van der Waals surface area (Å²) in [5, 5.41) is 0. The molecule has 0 fully saturated rings. The second kappa shape index (κ2) is 3.94. The number of nitrogens with zero attached hydrogens (tertiary/aromatic N) is 1. The summed E-state index contributed by atoms with van der Waals surface area (Å²) >= 11 is 0. The molecule has 0 saturated heterocycles. The van der Waals surface area contributed by atoms with Gasteiger partial charge < -0.3 is 10.5 Å². The fourth-order valence-corrected chi connectivity index (χ4v) is 1.13. The van der Waals surface area contributed by atoms with Crippen molar-refractivity contribution in [3.63, 3.8) is 0 Å². The van der Waals surface area contributed by atoms with E-state index in [0.717, 1.165) is 11.3 Å². The largest absolute Gasteiger partial charge is 0.492 e. The number of hydrogen-bond acceptors (Lipinski definition) is 3. The van der Waals surface area contributed by atoms with Gasteiger partial charge in [0, 0.05) is 0 Å². The summed E-state index contributed by atoms with van der Waals surface area (Å²) in [4.78, 5) is 4.15. The highest BCUT2D eigenvalue weighted by Gasteiger charge is 2.04. The van der Waals surface area contributed by atoms with Crippen molar-refractivity contribution in [2.75, 3.05) is 12.3 Å². The number of pyridine rings is 1. The molecule has 0 atom stereocenters. The number of aromatic nitrogens is 1. The van der Waals surface area contributed by atoms with Gasteiger partial charge in [-0.3, -0.25) is 4.98 Å². The van der Waals surface area contributed by atoms with E-state index in [1.54, 1.807) is 6.20 Å². The molecule has 70 valence electrons. The highest BCUT2D eigenvalue weighted by Crippen LogP contribution is 2.17. The molecule has 0 aliphatic rings. The Morgan fingerprint density at radius 1 is 1.69 bits per heavy atom. The number of ether oxygens (including phenoxy) is 1. The van der Waals surface area contributed by atoms with E-state index < -0.39 is 0 Å². The fraction of sp³-hybridized carbons (Fsp3) is 0.300. The number of nitrogens with two attached hydrogens (primary N) is 1. The van der Waals surface area contributed by atoms with E-state index in [1.165, 1.54) is 0 Å². The molecule has 0 spiro atoms. The van der Waals surface area contributed by atoms with Gasteiger partial charge in [-0.15, -0.1) is 0 Å². The Bertz CT molecular complexity index is 321. The number of anilines is 1.